The van der Waals surface area contributed by atoms with Crippen molar-refractivity contribution < 1.29 is 33.6 Å². The smallest absolute Gasteiger partial charge is 0.410 e. The van der Waals surface area contributed by atoms with Gasteiger partial charge in [0, 0.05) is 31.7 Å². The molecule has 0 atom stereocenters. The van der Waals surface area contributed by atoms with E-state index in [1.165, 1.54) is 10.7 Å². The molecule has 0 bridgehead atoms. The predicted molar refractivity (Wildman–Crippen MR) is 160 cm³/mol. The van der Waals surface area contributed by atoms with E-state index in [1.54, 1.807) is 31.7 Å². The van der Waals surface area contributed by atoms with Gasteiger partial charge in [-0.15, -0.1) is 0 Å². The number of phenolic OH excluding ortho intramolecular Hbond substituents is 3. The lowest BCUT2D eigenvalue weighted by Gasteiger charge is -2.36. The van der Waals surface area contributed by atoms with Gasteiger partial charge in [-0.25, -0.2) is 18.7 Å². The third kappa shape index (κ3) is 5.50. The van der Waals surface area contributed by atoms with E-state index >= 15 is 4.39 Å². The van der Waals surface area contributed by atoms with Crippen molar-refractivity contribution in [1.82, 2.24) is 19.5 Å². The lowest BCUT2D eigenvalue weighted by atomic mass is 9.86. The van der Waals surface area contributed by atoms with Crippen molar-refractivity contribution in [2.45, 2.75) is 39.7 Å². The predicted octanol–water partition coefficient (Wildman–Crippen LogP) is 3.88. The maximum Gasteiger partial charge on any atom is 0.410 e. The number of halogens is 2. The van der Waals surface area contributed by atoms with Crippen LogP contribution < -0.4 is 15.7 Å². The fourth-order valence-corrected chi connectivity index (χ4v) is 5.62. The van der Waals surface area contributed by atoms with Gasteiger partial charge in [0.1, 0.15) is 35.8 Å². The van der Waals surface area contributed by atoms with Crippen LogP contribution in [-0.4, -0.2) is 80.5 Å². The Balaban J connectivity index is 1.48. The first-order valence-corrected chi connectivity index (χ1v) is 14.4. The standard InChI is InChI=1S/C28H28BF2N7O5S/c1-5-14-21(33-26-34-22(17(11-32)44-26)18-19(29)24(40)20(31)25(41)23(18)39)16-10-15(13(30)12-38(16)35-14)36-6-8-37(9-7-36)27(42)43-28(2,3)4/h10,12,39-41H,5-9H2,1-4H3,(H,33,34). The van der Waals surface area contributed by atoms with E-state index in [0.717, 1.165) is 11.3 Å². The van der Waals surface area contributed by atoms with Gasteiger partial charge in [-0.2, -0.15) is 14.8 Å². The number of ether oxygens (including phenoxy) is 1. The maximum absolute atomic E-state index is 15.3. The largest absolute Gasteiger partial charge is 0.505 e. The first kappa shape index (κ1) is 30.7. The van der Waals surface area contributed by atoms with Crippen molar-refractivity contribution in [2.75, 3.05) is 36.4 Å². The van der Waals surface area contributed by atoms with E-state index in [2.05, 4.69) is 15.4 Å². The number of nitriles is 1. The number of phenols is 3. The number of anilines is 3. The molecule has 0 spiro atoms. The van der Waals surface area contributed by atoms with Gasteiger partial charge in [-0.3, -0.25) is 0 Å². The minimum absolute atomic E-state index is 0.0518. The molecule has 4 N–H and O–H groups in total. The molecule has 5 rings (SSSR count). The Hall–Kier alpha value is -4.78. The number of pyridine rings is 1. The molecule has 4 heterocycles. The second-order valence-electron chi connectivity index (χ2n) is 11.0. The number of amides is 1. The van der Waals surface area contributed by atoms with Crippen LogP contribution in [-0.2, 0) is 11.2 Å². The molecule has 2 radical (unpaired) electrons. The van der Waals surface area contributed by atoms with Gasteiger partial charge in [0.2, 0.25) is 5.82 Å². The summed E-state index contributed by atoms with van der Waals surface area (Å²) in [5.41, 5.74) is 0.0109. The summed E-state index contributed by atoms with van der Waals surface area (Å²) >= 11 is 0.878. The number of hydrogen-bond donors (Lipinski definition) is 4. The van der Waals surface area contributed by atoms with Gasteiger partial charge in [-0.05, 0) is 38.7 Å². The molecule has 0 unspecified atom stereocenters. The number of hydrogen-bond acceptors (Lipinski definition) is 11. The van der Waals surface area contributed by atoms with Gasteiger partial charge < -0.3 is 35.2 Å². The molecule has 1 amide bonds. The molecule has 4 aromatic rings. The molecule has 0 saturated carbocycles. The molecule has 16 heteroatoms. The Morgan fingerprint density at radius 1 is 1.18 bits per heavy atom. The molecule has 1 fully saturated rings. The average molecular weight is 623 g/mol. The summed E-state index contributed by atoms with van der Waals surface area (Å²) in [5, 5.41) is 47.8. The lowest BCUT2D eigenvalue weighted by molar-refractivity contribution is 0.0240. The highest BCUT2D eigenvalue weighted by Gasteiger charge is 2.29. The minimum Gasteiger partial charge on any atom is -0.505 e. The van der Waals surface area contributed by atoms with Crippen LogP contribution in [0.15, 0.2) is 12.3 Å². The molecule has 1 aliphatic heterocycles. The summed E-state index contributed by atoms with van der Waals surface area (Å²) in [6, 6.07) is 3.56. The van der Waals surface area contributed by atoms with Crippen molar-refractivity contribution in [3.05, 3.63) is 34.5 Å². The molecule has 1 aliphatic rings. The molecule has 44 heavy (non-hydrogen) atoms. The number of rotatable bonds is 5. The van der Waals surface area contributed by atoms with Crippen LogP contribution in [0.4, 0.5) is 30.1 Å². The Labute approximate surface area is 256 Å². The normalized spacial score (nSPS) is 13.8. The molecular weight excluding hydrogens is 595 g/mol. The fraction of sp³-hybridized carbons (Fsp3) is 0.357. The molecule has 12 nitrogen and oxygen atoms in total. The molecule has 0 aliphatic carbocycles. The number of nitrogens with zero attached hydrogens (tertiary/aromatic N) is 6. The quantitative estimate of drug-likeness (QED) is 0.146. The van der Waals surface area contributed by atoms with Crippen molar-refractivity contribution in [3.63, 3.8) is 0 Å². The Kier molecular flexibility index (Phi) is 7.93. The minimum atomic E-state index is -1.51. The molecule has 1 aromatic carbocycles. The molecule has 228 valence electrons. The van der Waals surface area contributed by atoms with Crippen LogP contribution in [0.25, 0.3) is 16.8 Å². The van der Waals surface area contributed by atoms with E-state index in [-0.39, 0.29) is 15.7 Å². The summed E-state index contributed by atoms with van der Waals surface area (Å²) < 4.78 is 36.2. The Morgan fingerprint density at radius 2 is 1.86 bits per heavy atom. The number of thiazole rings is 1. The van der Waals surface area contributed by atoms with E-state index < -0.39 is 51.6 Å². The van der Waals surface area contributed by atoms with Gasteiger partial charge in [0.15, 0.2) is 22.4 Å². The monoisotopic (exact) mass is 623 g/mol. The first-order chi connectivity index (χ1) is 20.7. The molecule has 3 aromatic heterocycles. The number of carbonyl (C=O) groups is 1. The molecule has 1 saturated heterocycles. The van der Waals surface area contributed by atoms with Gasteiger partial charge in [-0.1, -0.05) is 18.3 Å². The number of piperazine rings is 1. The van der Waals surface area contributed by atoms with Crippen LogP contribution in [0.1, 0.15) is 38.3 Å². The van der Waals surface area contributed by atoms with Gasteiger partial charge in [0.05, 0.1) is 28.8 Å². The summed E-state index contributed by atoms with van der Waals surface area (Å²) in [6.45, 7) is 8.65. The highest BCUT2D eigenvalue weighted by molar-refractivity contribution is 7.16. The highest BCUT2D eigenvalue weighted by atomic mass is 32.1. The zero-order valence-corrected chi connectivity index (χ0v) is 25.1. The second kappa shape index (κ2) is 11.4. The summed E-state index contributed by atoms with van der Waals surface area (Å²) in [4.78, 5) is 20.2. The summed E-state index contributed by atoms with van der Waals surface area (Å²) in [6.07, 6.45) is 1.28. The van der Waals surface area contributed by atoms with Crippen molar-refractivity contribution in [1.29, 1.82) is 5.26 Å². The lowest BCUT2D eigenvalue weighted by Crippen LogP contribution is -2.50. The second-order valence-corrected chi connectivity index (χ2v) is 12.0. The van der Waals surface area contributed by atoms with Gasteiger partial charge in [0.25, 0.3) is 0 Å². The number of fused-ring (bicyclic) bond motifs is 1. The third-order valence-corrected chi connectivity index (χ3v) is 7.85. The number of aromatic nitrogens is 3. The number of benzene rings is 1. The van der Waals surface area contributed by atoms with E-state index in [4.69, 9.17) is 12.6 Å². The third-order valence-electron chi connectivity index (χ3n) is 6.98. The van der Waals surface area contributed by atoms with Crippen LogP contribution in [0, 0.1) is 23.0 Å². The van der Waals surface area contributed by atoms with Gasteiger partial charge >= 0.3 is 6.09 Å². The maximum atomic E-state index is 15.3. The summed E-state index contributed by atoms with van der Waals surface area (Å²) in [7, 11) is 5.82. The van der Waals surface area contributed by atoms with Crippen LogP contribution in [0.5, 0.6) is 17.2 Å². The van der Waals surface area contributed by atoms with E-state index in [1.807, 2.05) is 17.9 Å². The SMILES string of the molecule is [B]c1c(O)c(F)c(O)c(O)c1-c1nc(Nc2c(CC)nn3cc(F)c(N4CCN(C(=O)OC(C)(C)C)CC4)cc23)sc1C#N. The highest BCUT2D eigenvalue weighted by Crippen LogP contribution is 2.43. The van der Waals surface area contributed by atoms with E-state index in [9.17, 15) is 29.8 Å². The van der Waals surface area contributed by atoms with Crippen LogP contribution in [0.3, 0.4) is 0 Å². The zero-order valence-electron chi connectivity index (χ0n) is 24.3. The van der Waals surface area contributed by atoms with Crippen molar-refractivity contribution >= 4 is 52.8 Å². The van der Waals surface area contributed by atoms with Crippen LogP contribution >= 0.6 is 11.3 Å². The number of nitrogens with one attached hydrogen (secondary N) is 1. The number of aromatic hydroxyl groups is 3. The van der Waals surface area contributed by atoms with Crippen molar-refractivity contribution in [2.24, 2.45) is 0 Å². The zero-order chi connectivity index (χ0) is 32.1. The average Bonchev–Trinajstić information content (AvgIpc) is 3.54. The first-order valence-electron chi connectivity index (χ1n) is 13.6. The number of aryl methyl sites for hydroxylation is 1. The van der Waals surface area contributed by atoms with Crippen molar-refractivity contribution in [3.8, 4) is 34.6 Å². The fourth-order valence-electron chi connectivity index (χ4n) is 4.85. The van der Waals surface area contributed by atoms with E-state index in [0.29, 0.717) is 55.2 Å². The number of carbonyl (C=O) groups excluding carboxylic acids is 1. The topological polar surface area (TPSA) is 159 Å². The Morgan fingerprint density at radius 3 is 2.48 bits per heavy atom. The molecular formula is C28H28BF2N7O5S. The Bertz CT molecular complexity index is 1790. The summed E-state index contributed by atoms with van der Waals surface area (Å²) in [5.74, 6) is -5.34. The van der Waals surface area contributed by atoms with Crippen LogP contribution in [0.2, 0.25) is 0 Å².